The van der Waals surface area contributed by atoms with Gasteiger partial charge in [0.1, 0.15) is 12.1 Å². The number of carbonyl (C=O) groups is 1. The van der Waals surface area contributed by atoms with Gasteiger partial charge < -0.3 is 14.2 Å². The van der Waals surface area contributed by atoms with Crippen LogP contribution < -0.4 is 14.2 Å². The standard InChI is InChI=1S/C27H23NO4/c1-19(29)32-25-10-6-9-22-13-15-23(28-27(22)25)14-11-20-12-16-24(26(17-20)30-2)31-18-21-7-4-3-5-8-21/h3-17H,18H2,1-2H3/b14-11+. The van der Waals surface area contributed by atoms with Crippen LogP contribution in [0.15, 0.2) is 78.9 Å². The maximum atomic E-state index is 11.4. The molecule has 32 heavy (non-hydrogen) atoms. The number of methoxy groups -OCH3 is 1. The predicted octanol–water partition coefficient (Wildman–Crippen LogP) is 5.92. The molecule has 0 saturated carbocycles. The summed E-state index contributed by atoms with van der Waals surface area (Å²) in [5.74, 6) is 1.42. The number of rotatable bonds is 7. The molecule has 0 aliphatic rings. The highest BCUT2D eigenvalue weighted by Gasteiger charge is 2.08. The third-order valence-electron chi connectivity index (χ3n) is 4.83. The predicted molar refractivity (Wildman–Crippen MR) is 126 cm³/mol. The number of benzene rings is 3. The Kier molecular flexibility index (Phi) is 6.46. The number of esters is 1. The van der Waals surface area contributed by atoms with Crippen molar-refractivity contribution in [2.24, 2.45) is 0 Å². The van der Waals surface area contributed by atoms with Crippen LogP contribution in [0.5, 0.6) is 17.2 Å². The van der Waals surface area contributed by atoms with Crippen LogP contribution in [0.4, 0.5) is 0 Å². The summed E-state index contributed by atoms with van der Waals surface area (Å²) in [5.41, 5.74) is 3.44. The van der Waals surface area contributed by atoms with Gasteiger partial charge in [-0.3, -0.25) is 4.79 Å². The van der Waals surface area contributed by atoms with E-state index >= 15 is 0 Å². The van der Waals surface area contributed by atoms with Gasteiger partial charge in [0, 0.05) is 12.3 Å². The minimum atomic E-state index is -0.373. The molecule has 0 saturated heterocycles. The molecule has 4 aromatic rings. The van der Waals surface area contributed by atoms with E-state index in [1.807, 2.05) is 84.9 Å². The van der Waals surface area contributed by atoms with Crippen LogP contribution in [0, 0.1) is 0 Å². The van der Waals surface area contributed by atoms with Gasteiger partial charge in [0.2, 0.25) is 0 Å². The molecular formula is C27H23NO4. The number of carbonyl (C=O) groups excluding carboxylic acids is 1. The molecule has 0 aliphatic carbocycles. The van der Waals surface area contributed by atoms with Crippen LogP contribution in [0.3, 0.4) is 0 Å². The van der Waals surface area contributed by atoms with E-state index in [1.165, 1.54) is 6.92 Å². The van der Waals surface area contributed by atoms with Gasteiger partial charge in [-0.2, -0.15) is 0 Å². The molecule has 0 bridgehead atoms. The molecule has 0 radical (unpaired) electrons. The first-order valence-electron chi connectivity index (χ1n) is 10.2. The Morgan fingerprint density at radius 2 is 1.72 bits per heavy atom. The lowest BCUT2D eigenvalue weighted by Gasteiger charge is -2.11. The fraction of sp³-hybridized carbons (Fsp3) is 0.111. The van der Waals surface area contributed by atoms with Gasteiger partial charge in [0.05, 0.1) is 12.8 Å². The zero-order valence-electron chi connectivity index (χ0n) is 17.9. The Morgan fingerprint density at radius 1 is 0.875 bits per heavy atom. The summed E-state index contributed by atoms with van der Waals surface area (Å²) in [5, 5.41) is 0.905. The smallest absolute Gasteiger partial charge is 0.308 e. The van der Waals surface area contributed by atoms with Crippen molar-refractivity contribution < 1.29 is 19.0 Å². The van der Waals surface area contributed by atoms with Gasteiger partial charge in [-0.05, 0) is 41.5 Å². The molecular weight excluding hydrogens is 402 g/mol. The van der Waals surface area contributed by atoms with Crippen molar-refractivity contribution in [3.63, 3.8) is 0 Å². The second-order valence-electron chi connectivity index (χ2n) is 7.18. The average Bonchev–Trinajstić information content (AvgIpc) is 2.82. The molecule has 0 amide bonds. The fourth-order valence-electron chi connectivity index (χ4n) is 3.29. The Morgan fingerprint density at radius 3 is 2.50 bits per heavy atom. The molecule has 0 aliphatic heterocycles. The summed E-state index contributed by atoms with van der Waals surface area (Å²) in [4.78, 5) is 16.0. The van der Waals surface area contributed by atoms with E-state index in [0.717, 1.165) is 22.2 Å². The van der Waals surface area contributed by atoms with Gasteiger partial charge in [-0.15, -0.1) is 0 Å². The molecule has 0 spiro atoms. The molecule has 5 heteroatoms. The molecule has 0 N–H and O–H groups in total. The van der Waals surface area contributed by atoms with E-state index in [0.29, 0.717) is 29.4 Å². The molecule has 160 valence electrons. The first-order chi connectivity index (χ1) is 15.6. The normalized spacial score (nSPS) is 10.9. The van der Waals surface area contributed by atoms with Crippen LogP contribution in [0.25, 0.3) is 23.1 Å². The number of ether oxygens (including phenoxy) is 3. The SMILES string of the molecule is COc1cc(/C=C/c2ccc3cccc(OC(C)=O)c3n2)ccc1OCc1ccccc1. The average molecular weight is 425 g/mol. The zero-order chi connectivity index (χ0) is 22.3. The summed E-state index contributed by atoms with van der Waals surface area (Å²) in [7, 11) is 1.62. The number of para-hydroxylation sites is 1. The van der Waals surface area contributed by atoms with Gasteiger partial charge in [0.25, 0.3) is 0 Å². The number of nitrogens with zero attached hydrogens (tertiary/aromatic N) is 1. The Bertz CT molecular complexity index is 1270. The van der Waals surface area contributed by atoms with Gasteiger partial charge in [-0.25, -0.2) is 4.98 Å². The van der Waals surface area contributed by atoms with E-state index in [9.17, 15) is 4.79 Å². The van der Waals surface area contributed by atoms with Crippen LogP contribution >= 0.6 is 0 Å². The third kappa shape index (κ3) is 5.13. The quantitative estimate of drug-likeness (QED) is 0.272. The maximum absolute atomic E-state index is 11.4. The Balaban J connectivity index is 1.53. The highest BCUT2D eigenvalue weighted by atomic mass is 16.5. The van der Waals surface area contributed by atoms with Crippen molar-refractivity contribution in [1.29, 1.82) is 0 Å². The minimum absolute atomic E-state index is 0.373. The third-order valence-corrected chi connectivity index (χ3v) is 4.83. The second-order valence-corrected chi connectivity index (χ2v) is 7.18. The number of hydrogen-bond donors (Lipinski definition) is 0. The number of pyridine rings is 1. The Labute approximate surface area is 186 Å². The first kappa shape index (κ1) is 21.1. The lowest BCUT2D eigenvalue weighted by molar-refractivity contribution is -0.131. The molecule has 0 atom stereocenters. The van der Waals surface area contributed by atoms with Crippen molar-refractivity contribution in [1.82, 2.24) is 4.98 Å². The van der Waals surface area contributed by atoms with Crippen LogP contribution in [0.1, 0.15) is 23.7 Å². The van der Waals surface area contributed by atoms with E-state index in [1.54, 1.807) is 13.2 Å². The lowest BCUT2D eigenvalue weighted by Crippen LogP contribution is -2.02. The zero-order valence-corrected chi connectivity index (χ0v) is 17.9. The van der Waals surface area contributed by atoms with Crippen molar-refractivity contribution in [3.05, 3.63) is 95.7 Å². The first-order valence-corrected chi connectivity index (χ1v) is 10.2. The van der Waals surface area contributed by atoms with Crippen molar-refractivity contribution in [2.75, 3.05) is 7.11 Å². The monoisotopic (exact) mass is 425 g/mol. The van der Waals surface area contributed by atoms with Crippen molar-refractivity contribution in [3.8, 4) is 17.2 Å². The summed E-state index contributed by atoms with van der Waals surface area (Å²) < 4.78 is 16.7. The van der Waals surface area contributed by atoms with E-state index < -0.39 is 0 Å². The highest BCUT2D eigenvalue weighted by Crippen LogP contribution is 2.30. The summed E-state index contributed by atoms with van der Waals surface area (Å²) in [6.07, 6.45) is 3.86. The molecule has 0 fully saturated rings. The van der Waals surface area contributed by atoms with Crippen molar-refractivity contribution in [2.45, 2.75) is 13.5 Å². The van der Waals surface area contributed by atoms with Crippen molar-refractivity contribution >= 4 is 29.0 Å². The number of hydrogen-bond acceptors (Lipinski definition) is 5. The topological polar surface area (TPSA) is 57.7 Å². The molecule has 3 aromatic carbocycles. The summed E-state index contributed by atoms with van der Waals surface area (Å²) >= 11 is 0. The van der Waals surface area contributed by atoms with E-state index in [2.05, 4.69) is 4.98 Å². The molecule has 5 nitrogen and oxygen atoms in total. The van der Waals surface area contributed by atoms with Gasteiger partial charge >= 0.3 is 5.97 Å². The minimum Gasteiger partial charge on any atom is -0.493 e. The molecule has 4 rings (SSSR count). The van der Waals surface area contributed by atoms with Gasteiger partial charge in [-0.1, -0.05) is 60.7 Å². The lowest BCUT2D eigenvalue weighted by atomic mass is 10.1. The van der Waals surface area contributed by atoms with Gasteiger partial charge in [0.15, 0.2) is 17.2 Å². The van der Waals surface area contributed by atoms with Crippen LogP contribution in [0.2, 0.25) is 0 Å². The summed E-state index contributed by atoms with van der Waals surface area (Å²) in [6, 6.07) is 25.2. The van der Waals surface area contributed by atoms with E-state index in [4.69, 9.17) is 14.2 Å². The fourth-order valence-corrected chi connectivity index (χ4v) is 3.29. The van der Waals surface area contributed by atoms with Crippen LogP contribution in [-0.2, 0) is 11.4 Å². The molecule has 1 aromatic heterocycles. The maximum Gasteiger partial charge on any atom is 0.308 e. The molecule has 0 unspecified atom stereocenters. The van der Waals surface area contributed by atoms with E-state index in [-0.39, 0.29) is 5.97 Å². The largest absolute Gasteiger partial charge is 0.493 e. The number of aromatic nitrogens is 1. The molecule has 1 heterocycles. The highest BCUT2D eigenvalue weighted by molar-refractivity contribution is 5.88. The number of fused-ring (bicyclic) bond motifs is 1. The summed E-state index contributed by atoms with van der Waals surface area (Å²) in [6.45, 7) is 1.85. The second kappa shape index (κ2) is 9.79. The Hall–Kier alpha value is -4.12. The van der Waals surface area contributed by atoms with Crippen LogP contribution in [-0.4, -0.2) is 18.1 Å².